The summed E-state index contributed by atoms with van der Waals surface area (Å²) in [6.45, 7) is 2.65. The molecule has 2 heterocycles. The maximum atomic E-state index is 5.85. The van der Waals surface area contributed by atoms with Gasteiger partial charge in [-0.3, -0.25) is 0 Å². The molecule has 0 aromatic carbocycles. The van der Waals surface area contributed by atoms with Crippen molar-refractivity contribution in [1.82, 2.24) is 4.98 Å². The fraction of sp³-hybridized carbons (Fsp3) is 0.583. The van der Waals surface area contributed by atoms with Crippen molar-refractivity contribution in [2.45, 2.75) is 12.8 Å². The van der Waals surface area contributed by atoms with E-state index < -0.39 is 0 Å². The number of hydrogen-bond acceptors (Lipinski definition) is 5. The van der Waals surface area contributed by atoms with Crippen molar-refractivity contribution in [2.24, 2.45) is 11.1 Å². The van der Waals surface area contributed by atoms with Gasteiger partial charge in [0.05, 0.1) is 12.3 Å². The summed E-state index contributed by atoms with van der Waals surface area (Å²) < 4.78 is 11.0. The van der Waals surface area contributed by atoms with Crippen molar-refractivity contribution >= 4 is 5.69 Å². The minimum Gasteiger partial charge on any atom is -0.476 e. The fourth-order valence-electron chi connectivity index (χ4n) is 1.96. The van der Waals surface area contributed by atoms with Crippen LogP contribution in [0, 0.1) is 5.41 Å². The summed E-state index contributed by atoms with van der Waals surface area (Å²) in [6.07, 6.45) is 3.53. The molecule has 0 bridgehead atoms. The molecule has 17 heavy (non-hydrogen) atoms. The fourth-order valence-corrected chi connectivity index (χ4v) is 1.96. The van der Waals surface area contributed by atoms with E-state index in [9.17, 15) is 0 Å². The summed E-state index contributed by atoms with van der Waals surface area (Å²) in [5.41, 5.74) is 12.2. The molecule has 2 rings (SSSR count). The highest BCUT2D eigenvalue weighted by Crippen LogP contribution is 2.30. The number of anilines is 1. The van der Waals surface area contributed by atoms with Gasteiger partial charge in [0.25, 0.3) is 0 Å². The van der Waals surface area contributed by atoms with Crippen molar-refractivity contribution in [3.8, 4) is 5.88 Å². The molecule has 94 valence electrons. The first-order valence-electron chi connectivity index (χ1n) is 5.87. The van der Waals surface area contributed by atoms with E-state index in [1.165, 1.54) is 0 Å². The molecule has 1 aliphatic heterocycles. The van der Waals surface area contributed by atoms with Crippen LogP contribution in [0.5, 0.6) is 5.88 Å². The van der Waals surface area contributed by atoms with Gasteiger partial charge in [0, 0.05) is 31.4 Å². The van der Waals surface area contributed by atoms with Crippen LogP contribution in [-0.4, -0.2) is 31.3 Å². The van der Waals surface area contributed by atoms with Gasteiger partial charge >= 0.3 is 0 Å². The van der Waals surface area contributed by atoms with E-state index in [1.807, 2.05) is 0 Å². The third-order valence-corrected chi connectivity index (χ3v) is 3.30. The standard InChI is InChI=1S/C12H19N3O2/c13-8-12(3-6-16-7-4-12)9-17-11-10(14)2-1-5-15-11/h1-2,5H,3-4,6-9,13-14H2. The summed E-state index contributed by atoms with van der Waals surface area (Å²) in [4.78, 5) is 4.11. The Balaban J connectivity index is 1.98. The Hall–Kier alpha value is -1.33. The summed E-state index contributed by atoms with van der Waals surface area (Å²) in [5, 5.41) is 0. The predicted octanol–water partition coefficient (Wildman–Crippen LogP) is 0.798. The van der Waals surface area contributed by atoms with Crippen LogP contribution < -0.4 is 16.2 Å². The van der Waals surface area contributed by atoms with Crippen LogP contribution in [0.4, 0.5) is 5.69 Å². The molecule has 1 saturated heterocycles. The smallest absolute Gasteiger partial charge is 0.237 e. The van der Waals surface area contributed by atoms with E-state index in [4.69, 9.17) is 20.9 Å². The Kier molecular flexibility index (Phi) is 3.81. The second-order valence-corrected chi connectivity index (χ2v) is 4.50. The normalized spacial score (nSPS) is 18.9. The summed E-state index contributed by atoms with van der Waals surface area (Å²) in [7, 11) is 0. The third-order valence-electron chi connectivity index (χ3n) is 3.30. The molecule has 0 radical (unpaired) electrons. The molecular weight excluding hydrogens is 218 g/mol. The first kappa shape index (κ1) is 12.1. The molecule has 1 aromatic rings. The molecule has 4 N–H and O–H groups in total. The van der Waals surface area contributed by atoms with E-state index in [2.05, 4.69) is 4.98 Å². The molecule has 0 spiro atoms. The van der Waals surface area contributed by atoms with Crippen LogP contribution in [0.2, 0.25) is 0 Å². The van der Waals surface area contributed by atoms with E-state index in [-0.39, 0.29) is 5.41 Å². The van der Waals surface area contributed by atoms with Crippen LogP contribution >= 0.6 is 0 Å². The lowest BCUT2D eigenvalue weighted by Crippen LogP contribution is -2.41. The summed E-state index contributed by atoms with van der Waals surface area (Å²) in [6, 6.07) is 3.57. The van der Waals surface area contributed by atoms with Crippen molar-refractivity contribution in [3.63, 3.8) is 0 Å². The third kappa shape index (κ3) is 2.87. The quantitative estimate of drug-likeness (QED) is 0.809. The highest BCUT2D eigenvalue weighted by Gasteiger charge is 2.32. The van der Waals surface area contributed by atoms with Gasteiger partial charge in [0.2, 0.25) is 5.88 Å². The molecule has 5 heteroatoms. The Labute approximate surface area is 101 Å². The first-order chi connectivity index (χ1) is 8.26. The lowest BCUT2D eigenvalue weighted by molar-refractivity contribution is -0.00565. The van der Waals surface area contributed by atoms with Crippen LogP contribution in [0.1, 0.15) is 12.8 Å². The Bertz CT molecular complexity index is 365. The van der Waals surface area contributed by atoms with Crippen LogP contribution in [0.3, 0.4) is 0 Å². The van der Waals surface area contributed by atoms with Crippen molar-refractivity contribution in [2.75, 3.05) is 32.1 Å². The number of nitrogens with zero attached hydrogens (tertiary/aromatic N) is 1. The zero-order valence-corrected chi connectivity index (χ0v) is 9.89. The van der Waals surface area contributed by atoms with Gasteiger partial charge in [-0.25, -0.2) is 4.98 Å². The van der Waals surface area contributed by atoms with Crippen LogP contribution in [0.25, 0.3) is 0 Å². The lowest BCUT2D eigenvalue weighted by atomic mass is 9.81. The molecule has 1 aliphatic rings. The highest BCUT2D eigenvalue weighted by molar-refractivity contribution is 5.46. The SMILES string of the molecule is NCC1(COc2ncccc2N)CCOCC1. The van der Waals surface area contributed by atoms with Gasteiger partial charge in [-0.05, 0) is 25.0 Å². The molecule has 0 unspecified atom stereocenters. The topological polar surface area (TPSA) is 83.4 Å². The van der Waals surface area contributed by atoms with Crippen molar-refractivity contribution < 1.29 is 9.47 Å². The zero-order chi connectivity index (χ0) is 12.1. The Morgan fingerprint density at radius 3 is 2.82 bits per heavy atom. The number of rotatable bonds is 4. The van der Waals surface area contributed by atoms with Gasteiger partial charge in [0.1, 0.15) is 0 Å². The van der Waals surface area contributed by atoms with Crippen molar-refractivity contribution in [3.05, 3.63) is 18.3 Å². The summed E-state index contributed by atoms with van der Waals surface area (Å²) >= 11 is 0. The minimum absolute atomic E-state index is 0.00219. The molecule has 1 aromatic heterocycles. The van der Waals surface area contributed by atoms with Gasteiger partial charge in [-0.15, -0.1) is 0 Å². The van der Waals surface area contributed by atoms with Gasteiger partial charge in [-0.1, -0.05) is 0 Å². The monoisotopic (exact) mass is 237 g/mol. The number of ether oxygens (including phenoxy) is 2. The second kappa shape index (κ2) is 5.33. The van der Waals surface area contributed by atoms with Crippen LogP contribution in [-0.2, 0) is 4.74 Å². The predicted molar refractivity (Wildman–Crippen MR) is 65.7 cm³/mol. The number of hydrogen-bond donors (Lipinski definition) is 2. The van der Waals surface area contributed by atoms with E-state index >= 15 is 0 Å². The van der Waals surface area contributed by atoms with Gasteiger partial charge in [0.15, 0.2) is 0 Å². The molecule has 5 nitrogen and oxygen atoms in total. The largest absolute Gasteiger partial charge is 0.476 e. The van der Waals surface area contributed by atoms with E-state index in [1.54, 1.807) is 18.3 Å². The maximum absolute atomic E-state index is 5.85. The van der Waals surface area contributed by atoms with Gasteiger partial charge in [-0.2, -0.15) is 0 Å². The van der Waals surface area contributed by atoms with E-state index in [0.717, 1.165) is 26.1 Å². The Morgan fingerprint density at radius 1 is 1.41 bits per heavy atom. The average Bonchev–Trinajstić information content (AvgIpc) is 2.39. The molecular formula is C12H19N3O2. The lowest BCUT2D eigenvalue weighted by Gasteiger charge is -2.35. The number of pyridine rings is 1. The minimum atomic E-state index is 0.00219. The van der Waals surface area contributed by atoms with Gasteiger partial charge < -0.3 is 20.9 Å². The molecule has 0 amide bonds. The second-order valence-electron chi connectivity index (χ2n) is 4.50. The highest BCUT2D eigenvalue weighted by atomic mass is 16.5. The average molecular weight is 237 g/mol. The number of nitrogens with two attached hydrogens (primary N) is 2. The number of nitrogen functional groups attached to an aromatic ring is 1. The molecule has 1 fully saturated rings. The Morgan fingerprint density at radius 2 is 2.18 bits per heavy atom. The molecule has 0 atom stereocenters. The van der Waals surface area contributed by atoms with E-state index in [0.29, 0.717) is 24.7 Å². The zero-order valence-electron chi connectivity index (χ0n) is 9.89. The first-order valence-corrected chi connectivity index (χ1v) is 5.87. The van der Waals surface area contributed by atoms with Crippen molar-refractivity contribution in [1.29, 1.82) is 0 Å². The summed E-state index contributed by atoms with van der Waals surface area (Å²) in [5.74, 6) is 0.492. The molecule has 0 saturated carbocycles. The maximum Gasteiger partial charge on any atom is 0.237 e. The number of aromatic nitrogens is 1. The van der Waals surface area contributed by atoms with Crippen LogP contribution in [0.15, 0.2) is 18.3 Å². The molecule has 0 aliphatic carbocycles.